The molecule has 6 heteroatoms. The first-order valence-corrected chi connectivity index (χ1v) is 13.2. The predicted molar refractivity (Wildman–Crippen MR) is 136 cm³/mol. The molecule has 5 nitrogen and oxygen atoms in total. The van der Waals surface area contributed by atoms with Gasteiger partial charge in [0.1, 0.15) is 16.6 Å². The number of aromatic amines is 1. The molecule has 0 aromatic carbocycles. The van der Waals surface area contributed by atoms with Crippen molar-refractivity contribution >= 4 is 28.5 Å². The molecule has 33 heavy (non-hydrogen) atoms. The van der Waals surface area contributed by atoms with Crippen LogP contribution >= 0.6 is 11.6 Å². The third kappa shape index (κ3) is 4.50. The lowest BCUT2D eigenvalue weighted by Gasteiger charge is -2.45. The smallest absolute Gasteiger partial charge is 0.137 e. The van der Waals surface area contributed by atoms with Gasteiger partial charge < -0.3 is 15.2 Å². The number of rotatable bonds is 5. The Bertz CT molecular complexity index is 1100. The van der Waals surface area contributed by atoms with Crippen molar-refractivity contribution in [1.82, 2.24) is 19.9 Å². The Hall–Kier alpha value is -2.11. The Morgan fingerprint density at radius 1 is 1.00 bits per heavy atom. The largest absolute Gasteiger partial charge is 0.367 e. The average Bonchev–Trinajstić information content (AvgIpc) is 3.23. The molecule has 4 heterocycles. The Labute approximate surface area is 201 Å². The first-order valence-electron chi connectivity index (χ1n) is 12.8. The van der Waals surface area contributed by atoms with Gasteiger partial charge in [-0.2, -0.15) is 0 Å². The van der Waals surface area contributed by atoms with Gasteiger partial charge in [0.15, 0.2) is 0 Å². The van der Waals surface area contributed by atoms with E-state index in [-0.39, 0.29) is 0 Å². The maximum atomic E-state index is 6.43. The highest BCUT2D eigenvalue weighted by Crippen LogP contribution is 2.38. The van der Waals surface area contributed by atoms with E-state index < -0.39 is 0 Å². The van der Waals surface area contributed by atoms with Crippen LogP contribution in [0.5, 0.6) is 0 Å². The van der Waals surface area contributed by atoms with Gasteiger partial charge in [0, 0.05) is 42.0 Å². The molecule has 0 bridgehead atoms. The molecule has 0 radical (unpaired) electrons. The maximum Gasteiger partial charge on any atom is 0.137 e. The van der Waals surface area contributed by atoms with Gasteiger partial charge in [0.05, 0.1) is 0 Å². The molecule has 174 valence electrons. The minimum absolute atomic E-state index is 0.482. The summed E-state index contributed by atoms with van der Waals surface area (Å²) in [6.07, 6.45) is 16.1. The van der Waals surface area contributed by atoms with E-state index in [2.05, 4.69) is 37.3 Å². The number of piperidine rings is 1. The topological polar surface area (TPSA) is 56.8 Å². The SMILES string of the molecule is Clc1cc(-c2c[nH]c3ncccc23)cc(NC2CCC(C3CCCN(C4CCC4)C3)CC2)n1. The summed E-state index contributed by atoms with van der Waals surface area (Å²) in [5, 5.41) is 5.34. The van der Waals surface area contributed by atoms with Crippen molar-refractivity contribution in [2.24, 2.45) is 11.8 Å². The lowest BCUT2D eigenvalue weighted by atomic mass is 9.74. The summed E-state index contributed by atoms with van der Waals surface area (Å²) in [5.41, 5.74) is 3.08. The van der Waals surface area contributed by atoms with Crippen LogP contribution in [-0.2, 0) is 0 Å². The van der Waals surface area contributed by atoms with E-state index in [1.54, 1.807) is 0 Å². The number of likely N-dealkylation sites (tertiary alicyclic amines) is 1. The number of hydrogen-bond acceptors (Lipinski definition) is 4. The Morgan fingerprint density at radius 3 is 2.70 bits per heavy atom. The molecule has 3 fully saturated rings. The van der Waals surface area contributed by atoms with E-state index in [1.807, 2.05) is 24.5 Å². The molecule has 6 rings (SSSR count). The van der Waals surface area contributed by atoms with Crippen molar-refractivity contribution in [2.45, 2.75) is 69.9 Å². The van der Waals surface area contributed by atoms with Gasteiger partial charge >= 0.3 is 0 Å². The van der Waals surface area contributed by atoms with Gasteiger partial charge in [-0.1, -0.05) is 18.0 Å². The van der Waals surface area contributed by atoms with Gasteiger partial charge in [0.2, 0.25) is 0 Å². The van der Waals surface area contributed by atoms with Gasteiger partial charge in [0.25, 0.3) is 0 Å². The van der Waals surface area contributed by atoms with Gasteiger partial charge in [-0.3, -0.25) is 0 Å². The summed E-state index contributed by atoms with van der Waals surface area (Å²) < 4.78 is 0. The zero-order valence-corrected chi connectivity index (χ0v) is 20.0. The molecule has 3 aromatic rings. The molecule has 1 unspecified atom stereocenters. The summed E-state index contributed by atoms with van der Waals surface area (Å²) in [6, 6.07) is 9.52. The second-order valence-corrected chi connectivity index (χ2v) is 10.8. The predicted octanol–water partition coefficient (Wildman–Crippen LogP) is 6.51. The van der Waals surface area contributed by atoms with E-state index in [9.17, 15) is 0 Å². The molecule has 1 atom stereocenters. The second-order valence-electron chi connectivity index (χ2n) is 10.4. The van der Waals surface area contributed by atoms with Crippen LogP contribution in [0.1, 0.15) is 57.8 Å². The van der Waals surface area contributed by atoms with E-state index >= 15 is 0 Å². The Balaban J connectivity index is 1.10. The third-order valence-electron chi connectivity index (χ3n) is 8.43. The van der Waals surface area contributed by atoms with Crippen molar-refractivity contribution < 1.29 is 0 Å². The standard InChI is InChI=1S/C27H34ClN5/c28-25-14-20(24-16-30-27-23(24)7-2-12-29-27)15-26(32-25)31-21-10-8-18(9-11-21)19-4-3-13-33(17-19)22-5-1-6-22/h2,7,12,14-16,18-19,21-22H,1,3-6,8-11,13,17H2,(H,29,30)(H,31,32). The average molecular weight is 464 g/mol. The summed E-state index contributed by atoms with van der Waals surface area (Å²) in [5.74, 6) is 2.69. The lowest BCUT2D eigenvalue weighted by molar-refractivity contribution is 0.0491. The molecule has 3 aromatic heterocycles. The Kier molecular flexibility index (Phi) is 6.02. The highest BCUT2D eigenvalue weighted by molar-refractivity contribution is 6.29. The molecule has 1 aliphatic heterocycles. The van der Waals surface area contributed by atoms with E-state index in [4.69, 9.17) is 11.6 Å². The fourth-order valence-electron chi connectivity index (χ4n) is 6.37. The molecule has 2 N–H and O–H groups in total. The molecule has 0 spiro atoms. The molecule has 3 aliphatic rings. The van der Waals surface area contributed by atoms with Crippen LogP contribution < -0.4 is 5.32 Å². The fraction of sp³-hybridized carbons (Fsp3) is 0.556. The quantitative estimate of drug-likeness (QED) is 0.423. The number of halogens is 1. The molecule has 2 saturated carbocycles. The highest BCUT2D eigenvalue weighted by atomic mass is 35.5. The molecule has 0 amide bonds. The number of fused-ring (bicyclic) bond motifs is 1. The van der Waals surface area contributed by atoms with E-state index in [0.29, 0.717) is 11.2 Å². The minimum Gasteiger partial charge on any atom is -0.367 e. The van der Waals surface area contributed by atoms with E-state index in [1.165, 1.54) is 70.9 Å². The lowest BCUT2D eigenvalue weighted by Crippen LogP contribution is -2.47. The second kappa shape index (κ2) is 9.27. The van der Waals surface area contributed by atoms with Crippen molar-refractivity contribution in [3.05, 3.63) is 41.8 Å². The van der Waals surface area contributed by atoms with Crippen molar-refractivity contribution in [3.63, 3.8) is 0 Å². The summed E-state index contributed by atoms with van der Waals surface area (Å²) in [4.78, 5) is 15.1. The number of nitrogens with one attached hydrogen (secondary N) is 2. The van der Waals surface area contributed by atoms with Crippen LogP contribution in [0.2, 0.25) is 5.15 Å². The molecule has 1 saturated heterocycles. The molecule has 2 aliphatic carbocycles. The van der Waals surface area contributed by atoms with Crippen LogP contribution in [0.3, 0.4) is 0 Å². The first-order chi connectivity index (χ1) is 16.2. The summed E-state index contributed by atoms with van der Waals surface area (Å²) in [7, 11) is 0. The summed E-state index contributed by atoms with van der Waals surface area (Å²) in [6.45, 7) is 2.69. The van der Waals surface area contributed by atoms with Gasteiger partial charge in [-0.15, -0.1) is 0 Å². The minimum atomic E-state index is 0.482. The number of H-pyrrole nitrogens is 1. The zero-order valence-electron chi connectivity index (χ0n) is 19.3. The highest BCUT2D eigenvalue weighted by Gasteiger charge is 2.34. The van der Waals surface area contributed by atoms with Crippen LogP contribution in [0, 0.1) is 11.8 Å². The summed E-state index contributed by atoms with van der Waals surface area (Å²) >= 11 is 6.43. The zero-order chi connectivity index (χ0) is 22.2. The third-order valence-corrected chi connectivity index (χ3v) is 8.62. The van der Waals surface area contributed by atoms with Gasteiger partial charge in [-0.25, -0.2) is 9.97 Å². The number of hydrogen-bond donors (Lipinski definition) is 2. The maximum absolute atomic E-state index is 6.43. The number of anilines is 1. The van der Waals surface area contributed by atoms with Crippen LogP contribution in [-0.4, -0.2) is 45.0 Å². The van der Waals surface area contributed by atoms with Crippen LogP contribution in [0.25, 0.3) is 22.2 Å². The Morgan fingerprint density at radius 2 is 1.88 bits per heavy atom. The van der Waals surface area contributed by atoms with Crippen molar-refractivity contribution in [3.8, 4) is 11.1 Å². The number of nitrogens with zero attached hydrogens (tertiary/aromatic N) is 3. The first kappa shape index (κ1) is 21.4. The van der Waals surface area contributed by atoms with Crippen molar-refractivity contribution in [2.75, 3.05) is 18.4 Å². The number of aromatic nitrogens is 3. The van der Waals surface area contributed by atoms with Gasteiger partial charge in [-0.05, 0) is 99.6 Å². The fourth-order valence-corrected chi connectivity index (χ4v) is 6.58. The van der Waals surface area contributed by atoms with Crippen LogP contribution in [0.4, 0.5) is 5.82 Å². The molecular formula is C27H34ClN5. The van der Waals surface area contributed by atoms with Crippen molar-refractivity contribution in [1.29, 1.82) is 0 Å². The van der Waals surface area contributed by atoms with Crippen LogP contribution in [0.15, 0.2) is 36.7 Å². The molecular weight excluding hydrogens is 430 g/mol. The monoisotopic (exact) mass is 463 g/mol. The van der Waals surface area contributed by atoms with E-state index in [0.717, 1.165) is 45.9 Å². The normalized spacial score (nSPS) is 26.9. The number of pyridine rings is 2.